The Hall–Kier alpha value is -3.00. The minimum atomic E-state index is -0.473. The van der Waals surface area contributed by atoms with Gasteiger partial charge in [-0.3, -0.25) is 4.79 Å². The van der Waals surface area contributed by atoms with Gasteiger partial charge < -0.3 is 18.8 Å². The standard InChI is InChI=1S/C21H21N3O4S/c1-14(2)24(15-8-4-3-5-9-15)19(25)13-29-21-23-22-20(28-21)18-12-26-16-10-6-7-11-17(16)27-18/h3-11,14,18H,12-13H2,1-2H3. The van der Waals surface area contributed by atoms with Gasteiger partial charge in [-0.05, 0) is 38.1 Å². The second kappa shape index (κ2) is 8.57. The fraction of sp³-hybridized carbons (Fsp3) is 0.286. The molecule has 1 aliphatic heterocycles. The predicted octanol–water partition coefficient (Wildman–Crippen LogP) is 4.12. The van der Waals surface area contributed by atoms with Crippen LogP contribution >= 0.6 is 11.8 Å². The third-order valence-electron chi connectivity index (χ3n) is 4.34. The van der Waals surface area contributed by atoms with E-state index in [0.717, 1.165) is 5.69 Å². The van der Waals surface area contributed by atoms with Gasteiger partial charge >= 0.3 is 0 Å². The molecule has 29 heavy (non-hydrogen) atoms. The summed E-state index contributed by atoms with van der Waals surface area (Å²) in [4.78, 5) is 14.5. The average Bonchev–Trinajstić information content (AvgIpc) is 3.22. The van der Waals surface area contributed by atoms with Gasteiger partial charge in [0.1, 0.15) is 6.61 Å². The Kier molecular flexibility index (Phi) is 5.71. The monoisotopic (exact) mass is 411 g/mol. The van der Waals surface area contributed by atoms with Crippen molar-refractivity contribution in [1.29, 1.82) is 0 Å². The molecule has 0 N–H and O–H groups in total. The Morgan fingerprint density at radius 1 is 1.10 bits per heavy atom. The molecule has 1 unspecified atom stereocenters. The summed E-state index contributed by atoms with van der Waals surface area (Å²) in [5, 5.41) is 8.42. The molecule has 1 aliphatic rings. The number of aromatic nitrogens is 2. The first-order valence-electron chi connectivity index (χ1n) is 9.33. The largest absolute Gasteiger partial charge is 0.485 e. The van der Waals surface area contributed by atoms with E-state index in [1.165, 1.54) is 11.8 Å². The van der Waals surface area contributed by atoms with Crippen molar-refractivity contribution in [2.24, 2.45) is 0 Å². The van der Waals surface area contributed by atoms with Crippen molar-refractivity contribution < 1.29 is 18.7 Å². The zero-order valence-electron chi connectivity index (χ0n) is 16.1. The van der Waals surface area contributed by atoms with Crippen LogP contribution in [0.5, 0.6) is 11.5 Å². The lowest BCUT2D eigenvalue weighted by atomic mass is 10.2. The van der Waals surface area contributed by atoms with E-state index in [9.17, 15) is 4.79 Å². The number of anilines is 1. The van der Waals surface area contributed by atoms with Crippen molar-refractivity contribution in [3.63, 3.8) is 0 Å². The van der Waals surface area contributed by atoms with Crippen LogP contribution in [0.4, 0.5) is 5.69 Å². The van der Waals surface area contributed by atoms with Crippen molar-refractivity contribution in [2.75, 3.05) is 17.3 Å². The Balaban J connectivity index is 1.39. The number of carbonyl (C=O) groups excluding carboxylic acids is 1. The maximum absolute atomic E-state index is 12.8. The SMILES string of the molecule is CC(C)N(C(=O)CSc1nnc(C2COc3ccccc3O2)o1)c1ccccc1. The number of amides is 1. The molecule has 2 aromatic carbocycles. The van der Waals surface area contributed by atoms with Crippen LogP contribution in [0.1, 0.15) is 25.8 Å². The molecule has 150 valence electrons. The fourth-order valence-electron chi connectivity index (χ4n) is 3.06. The highest BCUT2D eigenvalue weighted by atomic mass is 32.2. The fourth-order valence-corrected chi connectivity index (χ4v) is 3.69. The lowest BCUT2D eigenvalue weighted by Crippen LogP contribution is -2.38. The van der Waals surface area contributed by atoms with E-state index in [1.807, 2.05) is 68.4 Å². The Labute approximate surface area is 173 Å². The number of fused-ring (bicyclic) bond motifs is 1. The van der Waals surface area contributed by atoms with Gasteiger partial charge in [-0.25, -0.2) is 0 Å². The van der Waals surface area contributed by atoms with Crippen molar-refractivity contribution in [2.45, 2.75) is 31.2 Å². The second-order valence-electron chi connectivity index (χ2n) is 6.75. The number of benzene rings is 2. The first-order chi connectivity index (χ1) is 14.1. The lowest BCUT2D eigenvalue weighted by Gasteiger charge is -2.26. The van der Waals surface area contributed by atoms with Crippen molar-refractivity contribution >= 4 is 23.4 Å². The third kappa shape index (κ3) is 4.37. The lowest BCUT2D eigenvalue weighted by molar-refractivity contribution is -0.116. The van der Waals surface area contributed by atoms with Gasteiger partial charge in [0.2, 0.25) is 12.0 Å². The Morgan fingerprint density at radius 3 is 2.59 bits per heavy atom. The Bertz CT molecular complexity index is 977. The number of hydrogen-bond acceptors (Lipinski definition) is 7. The molecule has 0 fully saturated rings. The maximum atomic E-state index is 12.8. The van der Waals surface area contributed by atoms with Crippen LogP contribution in [0.3, 0.4) is 0 Å². The van der Waals surface area contributed by atoms with Gasteiger partial charge in [0.05, 0.1) is 5.75 Å². The van der Waals surface area contributed by atoms with Crippen LogP contribution in [0, 0.1) is 0 Å². The molecular formula is C21H21N3O4S. The first kappa shape index (κ1) is 19.3. The molecule has 2 heterocycles. The van der Waals surface area contributed by atoms with Crippen LogP contribution in [-0.2, 0) is 4.79 Å². The van der Waals surface area contributed by atoms with Crippen molar-refractivity contribution in [3.8, 4) is 11.5 Å². The smallest absolute Gasteiger partial charge is 0.277 e. The summed E-state index contributed by atoms with van der Waals surface area (Å²) >= 11 is 1.21. The molecule has 8 heteroatoms. The van der Waals surface area contributed by atoms with Gasteiger partial charge in [-0.1, -0.05) is 42.1 Å². The Morgan fingerprint density at radius 2 is 1.83 bits per heavy atom. The van der Waals surface area contributed by atoms with E-state index in [0.29, 0.717) is 22.6 Å². The highest BCUT2D eigenvalue weighted by Crippen LogP contribution is 2.36. The minimum absolute atomic E-state index is 0.0258. The molecule has 1 amide bonds. The van der Waals surface area contributed by atoms with E-state index in [1.54, 1.807) is 4.90 Å². The van der Waals surface area contributed by atoms with Gasteiger partial charge in [-0.15, -0.1) is 10.2 Å². The van der Waals surface area contributed by atoms with Crippen LogP contribution in [0.15, 0.2) is 64.2 Å². The molecule has 3 aromatic rings. The quantitative estimate of drug-likeness (QED) is 0.565. The average molecular weight is 411 g/mol. The summed E-state index contributed by atoms with van der Waals surface area (Å²) < 4.78 is 17.3. The van der Waals surface area contributed by atoms with E-state index in [-0.39, 0.29) is 24.3 Å². The number of carbonyl (C=O) groups is 1. The summed E-state index contributed by atoms with van der Waals surface area (Å²) in [6.07, 6.45) is -0.473. The number of hydrogen-bond donors (Lipinski definition) is 0. The number of para-hydroxylation sites is 3. The summed E-state index contributed by atoms with van der Waals surface area (Å²) in [6.45, 7) is 4.26. The normalized spacial score (nSPS) is 15.3. The van der Waals surface area contributed by atoms with Crippen LogP contribution in [0.25, 0.3) is 0 Å². The molecule has 1 aromatic heterocycles. The molecule has 0 radical (unpaired) electrons. The van der Waals surface area contributed by atoms with Gasteiger partial charge in [-0.2, -0.15) is 0 Å². The molecule has 4 rings (SSSR count). The molecule has 0 spiro atoms. The van der Waals surface area contributed by atoms with E-state index >= 15 is 0 Å². The van der Waals surface area contributed by atoms with Crippen LogP contribution < -0.4 is 14.4 Å². The van der Waals surface area contributed by atoms with Crippen molar-refractivity contribution in [1.82, 2.24) is 10.2 Å². The zero-order valence-corrected chi connectivity index (χ0v) is 17.0. The highest BCUT2D eigenvalue weighted by Gasteiger charge is 2.28. The highest BCUT2D eigenvalue weighted by molar-refractivity contribution is 7.99. The molecule has 0 saturated heterocycles. The molecule has 0 aliphatic carbocycles. The van der Waals surface area contributed by atoms with Gasteiger partial charge in [0.25, 0.3) is 11.1 Å². The van der Waals surface area contributed by atoms with E-state index in [2.05, 4.69) is 10.2 Å². The van der Waals surface area contributed by atoms with E-state index in [4.69, 9.17) is 13.9 Å². The number of nitrogens with zero attached hydrogens (tertiary/aromatic N) is 3. The summed E-state index contributed by atoms with van der Waals surface area (Å²) in [6, 6.07) is 17.1. The van der Waals surface area contributed by atoms with Gasteiger partial charge in [0, 0.05) is 11.7 Å². The maximum Gasteiger partial charge on any atom is 0.277 e. The minimum Gasteiger partial charge on any atom is -0.485 e. The first-order valence-corrected chi connectivity index (χ1v) is 10.3. The number of thioether (sulfide) groups is 1. The number of rotatable bonds is 6. The van der Waals surface area contributed by atoms with Gasteiger partial charge in [0.15, 0.2) is 11.5 Å². The third-order valence-corrected chi connectivity index (χ3v) is 5.15. The molecule has 1 atom stereocenters. The summed E-state index contributed by atoms with van der Waals surface area (Å²) in [5.74, 6) is 1.83. The predicted molar refractivity (Wildman–Crippen MR) is 109 cm³/mol. The van der Waals surface area contributed by atoms with Crippen molar-refractivity contribution in [3.05, 3.63) is 60.5 Å². The molecule has 7 nitrogen and oxygen atoms in total. The molecule has 0 bridgehead atoms. The zero-order chi connectivity index (χ0) is 20.2. The molecular weight excluding hydrogens is 390 g/mol. The topological polar surface area (TPSA) is 77.7 Å². The summed E-state index contributed by atoms with van der Waals surface area (Å²) in [7, 11) is 0. The summed E-state index contributed by atoms with van der Waals surface area (Å²) in [5.41, 5.74) is 0.866. The van der Waals surface area contributed by atoms with Crippen LogP contribution in [0.2, 0.25) is 0 Å². The molecule has 0 saturated carbocycles. The number of ether oxygens (including phenoxy) is 2. The second-order valence-corrected chi connectivity index (χ2v) is 7.68. The van der Waals surface area contributed by atoms with E-state index < -0.39 is 6.10 Å². The van der Waals surface area contributed by atoms with Crippen LogP contribution in [-0.4, -0.2) is 34.5 Å².